The number of anilines is 1. The van der Waals surface area contributed by atoms with Gasteiger partial charge in [-0.05, 0) is 29.1 Å². The highest BCUT2D eigenvalue weighted by molar-refractivity contribution is 7.99. The lowest BCUT2D eigenvalue weighted by Crippen LogP contribution is -2.15. The number of hydrogen-bond donors (Lipinski definition) is 1. The van der Waals surface area contributed by atoms with E-state index in [1.54, 1.807) is 23.5 Å². The van der Waals surface area contributed by atoms with E-state index in [0.29, 0.717) is 22.5 Å². The first-order valence-electron chi connectivity index (χ1n) is 8.74. The topological polar surface area (TPSA) is 72.7 Å². The number of thioether (sulfide) groups is 1. The van der Waals surface area contributed by atoms with Gasteiger partial charge in [0.05, 0.1) is 22.2 Å². The third-order valence-corrected chi connectivity index (χ3v) is 6.03. The zero-order valence-electron chi connectivity index (χ0n) is 15.2. The maximum atomic E-state index is 12.3. The summed E-state index contributed by atoms with van der Waals surface area (Å²) in [6, 6.07) is 17.5. The molecule has 1 N–H and O–H groups in total. The molecule has 3 heterocycles. The largest absolute Gasteiger partial charge is 0.310 e. The molecular weight excluding hydrogens is 426 g/mol. The fraction of sp³-hybridized carbons (Fsp3) is 0.100. The van der Waals surface area contributed by atoms with Crippen molar-refractivity contribution in [1.29, 1.82) is 0 Å². The van der Waals surface area contributed by atoms with Gasteiger partial charge < -0.3 is 5.32 Å². The molecule has 0 spiro atoms. The van der Waals surface area contributed by atoms with Gasteiger partial charge in [-0.1, -0.05) is 59.8 Å². The quantitative estimate of drug-likeness (QED) is 0.415. The summed E-state index contributed by atoms with van der Waals surface area (Å²) < 4.78 is 2.04. The van der Waals surface area contributed by atoms with Crippen molar-refractivity contribution in [3.63, 3.8) is 0 Å². The van der Waals surface area contributed by atoms with E-state index < -0.39 is 0 Å². The third-order valence-electron chi connectivity index (χ3n) is 3.97. The van der Waals surface area contributed by atoms with Crippen LogP contribution in [0, 0.1) is 0 Å². The molecule has 0 saturated heterocycles. The Morgan fingerprint density at radius 2 is 1.97 bits per heavy atom. The van der Waals surface area contributed by atoms with Crippen LogP contribution in [0.3, 0.4) is 0 Å². The van der Waals surface area contributed by atoms with Crippen LogP contribution in [0.4, 0.5) is 5.82 Å². The highest BCUT2D eigenvalue weighted by atomic mass is 35.5. The fourth-order valence-corrected chi connectivity index (χ4v) is 4.22. The third kappa shape index (κ3) is 5.03. The number of nitrogens with one attached hydrogen (secondary N) is 1. The number of carbonyl (C=O) groups excluding carboxylic acids is 1. The molecule has 0 saturated carbocycles. The Bertz CT molecular complexity index is 1080. The van der Waals surface area contributed by atoms with Gasteiger partial charge in [-0.3, -0.25) is 9.36 Å². The van der Waals surface area contributed by atoms with E-state index in [2.05, 4.69) is 32.6 Å². The number of amides is 1. The highest BCUT2D eigenvalue weighted by Gasteiger charge is 2.17. The van der Waals surface area contributed by atoms with Crippen molar-refractivity contribution >= 4 is 46.4 Å². The average Bonchev–Trinajstić information content (AvgIpc) is 3.39. The lowest BCUT2D eigenvalue weighted by atomic mass is 10.2. The van der Waals surface area contributed by atoms with E-state index >= 15 is 0 Å². The Morgan fingerprint density at radius 1 is 1.10 bits per heavy atom. The van der Waals surface area contributed by atoms with Gasteiger partial charge in [0.25, 0.3) is 0 Å². The first-order valence-corrected chi connectivity index (χ1v) is 11.0. The Hall–Kier alpha value is -2.68. The molecule has 9 heteroatoms. The lowest BCUT2D eigenvalue weighted by Gasteiger charge is -2.10. The normalized spacial score (nSPS) is 10.8. The van der Waals surface area contributed by atoms with Crippen LogP contribution in [0.5, 0.6) is 0 Å². The molecule has 0 bridgehead atoms. The predicted octanol–water partition coefficient (Wildman–Crippen LogP) is 4.83. The van der Waals surface area contributed by atoms with Gasteiger partial charge in [0, 0.05) is 6.20 Å². The van der Waals surface area contributed by atoms with Crippen LogP contribution in [0.1, 0.15) is 5.56 Å². The molecule has 146 valence electrons. The van der Waals surface area contributed by atoms with E-state index in [1.165, 1.54) is 18.0 Å². The van der Waals surface area contributed by atoms with E-state index in [4.69, 9.17) is 11.6 Å². The van der Waals surface area contributed by atoms with Gasteiger partial charge in [-0.15, -0.1) is 21.5 Å². The van der Waals surface area contributed by atoms with Crippen LogP contribution in [-0.4, -0.2) is 31.4 Å². The van der Waals surface area contributed by atoms with Crippen molar-refractivity contribution in [3.05, 3.63) is 76.8 Å². The van der Waals surface area contributed by atoms with Crippen LogP contribution in [0.15, 0.2) is 71.3 Å². The molecule has 0 aliphatic heterocycles. The SMILES string of the molecule is O=C(CSc1nnc(-c2cccs2)n1Cc1ccccc1)Nc1ccc(Cl)cn1. The summed E-state index contributed by atoms with van der Waals surface area (Å²) in [7, 11) is 0. The number of hydrogen-bond acceptors (Lipinski definition) is 6. The van der Waals surface area contributed by atoms with Gasteiger partial charge in [-0.2, -0.15) is 0 Å². The Labute approximate surface area is 181 Å². The summed E-state index contributed by atoms with van der Waals surface area (Å²) in [6.07, 6.45) is 1.49. The number of nitrogens with zero attached hydrogens (tertiary/aromatic N) is 4. The van der Waals surface area contributed by atoms with E-state index in [1.807, 2.05) is 40.3 Å². The summed E-state index contributed by atoms with van der Waals surface area (Å²) in [4.78, 5) is 17.4. The summed E-state index contributed by atoms with van der Waals surface area (Å²) in [6.45, 7) is 0.629. The minimum Gasteiger partial charge on any atom is -0.310 e. The Morgan fingerprint density at radius 3 is 2.69 bits per heavy atom. The number of aromatic nitrogens is 4. The molecule has 1 amide bonds. The average molecular weight is 442 g/mol. The zero-order chi connectivity index (χ0) is 20.1. The van der Waals surface area contributed by atoms with Crippen molar-refractivity contribution in [2.75, 3.05) is 11.1 Å². The van der Waals surface area contributed by atoms with Gasteiger partial charge in [0.2, 0.25) is 5.91 Å². The number of thiophene rings is 1. The van der Waals surface area contributed by atoms with Crippen molar-refractivity contribution in [3.8, 4) is 10.7 Å². The summed E-state index contributed by atoms with van der Waals surface area (Å²) in [5, 5.41) is 14.7. The number of rotatable bonds is 7. The number of benzene rings is 1. The Kier molecular flexibility index (Phi) is 6.24. The van der Waals surface area contributed by atoms with Crippen molar-refractivity contribution in [2.24, 2.45) is 0 Å². The molecule has 0 radical (unpaired) electrons. The van der Waals surface area contributed by atoms with Crippen LogP contribution in [0.25, 0.3) is 10.7 Å². The predicted molar refractivity (Wildman–Crippen MR) is 117 cm³/mol. The fourth-order valence-electron chi connectivity index (χ4n) is 2.65. The summed E-state index contributed by atoms with van der Waals surface area (Å²) in [5.74, 6) is 1.29. The van der Waals surface area contributed by atoms with E-state index in [-0.39, 0.29) is 11.7 Å². The first-order chi connectivity index (χ1) is 14.2. The molecule has 4 aromatic rings. The minimum absolute atomic E-state index is 0.170. The van der Waals surface area contributed by atoms with Gasteiger partial charge >= 0.3 is 0 Å². The molecule has 6 nitrogen and oxygen atoms in total. The first kappa shape index (κ1) is 19.6. The molecule has 0 fully saturated rings. The second-order valence-corrected chi connectivity index (χ2v) is 8.38. The zero-order valence-corrected chi connectivity index (χ0v) is 17.5. The number of carbonyl (C=O) groups is 1. The van der Waals surface area contributed by atoms with E-state index in [0.717, 1.165) is 16.3 Å². The second kappa shape index (κ2) is 9.21. The summed E-state index contributed by atoms with van der Waals surface area (Å²) >= 11 is 8.77. The van der Waals surface area contributed by atoms with Gasteiger partial charge in [0.1, 0.15) is 5.82 Å². The standard InChI is InChI=1S/C20H16ClN5OS2/c21-15-8-9-17(22-11-15)23-18(27)13-29-20-25-24-19(16-7-4-10-28-16)26(20)12-14-5-2-1-3-6-14/h1-11H,12-13H2,(H,22,23,27). The molecule has 4 rings (SSSR count). The van der Waals surface area contributed by atoms with Crippen LogP contribution >= 0.6 is 34.7 Å². The number of pyridine rings is 1. The molecule has 1 aromatic carbocycles. The van der Waals surface area contributed by atoms with Crippen LogP contribution in [-0.2, 0) is 11.3 Å². The molecule has 0 unspecified atom stereocenters. The monoisotopic (exact) mass is 441 g/mol. The molecule has 0 atom stereocenters. The molecule has 0 aliphatic rings. The second-order valence-electron chi connectivity index (χ2n) is 6.05. The highest BCUT2D eigenvalue weighted by Crippen LogP contribution is 2.28. The minimum atomic E-state index is -0.170. The lowest BCUT2D eigenvalue weighted by molar-refractivity contribution is -0.113. The van der Waals surface area contributed by atoms with E-state index in [9.17, 15) is 4.79 Å². The molecule has 29 heavy (non-hydrogen) atoms. The van der Waals surface area contributed by atoms with Crippen molar-refractivity contribution < 1.29 is 4.79 Å². The maximum Gasteiger partial charge on any atom is 0.236 e. The van der Waals surface area contributed by atoms with Gasteiger partial charge in [0.15, 0.2) is 11.0 Å². The van der Waals surface area contributed by atoms with Gasteiger partial charge in [-0.25, -0.2) is 4.98 Å². The smallest absolute Gasteiger partial charge is 0.236 e. The van der Waals surface area contributed by atoms with Crippen molar-refractivity contribution in [1.82, 2.24) is 19.7 Å². The van der Waals surface area contributed by atoms with Crippen LogP contribution in [0.2, 0.25) is 5.02 Å². The molecular formula is C20H16ClN5OS2. The Balaban J connectivity index is 1.50. The maximum absolute atomic E-state index is 12.3. The van der Waals surface area contributed by atoms with Crippen molar-refractivity contribution in [2.45, 2.75) is 11.7 Å². The summed E-state index contributed by atoms with van der Waals surface area (Å²) in [5.41, 5.74) is 1.14. The molecule has 0 aliphatic carbocycles. The van der Waals surface area contributed by atoms with Crippen LogP contribution < -0.4 is 5.32 Å². The molecule has 3 aromatic heterocycles. The number of halogens is 1.